The second-order valence-corrected chi connectivity index (χ2v) is 6.38. The number of benzene rings is 1. The van der Waals surface area contributed by atoms with Crippen molar-refractivity contribution < 1.29 is 0 Å². The molecule has 0 bridgehead atoms. The SMILES string of the molecule is CCCCCC(C)(C)Cc1ccc(Cl)cc1Cl. The van der Waals surface area contributed by atoms with Gasteiger partial charge in [-0.3, -0.25) is 0 Å². The molecule has 0 aliphatic rings. The van der Waals surface area contributed by atoms with Crippen LogP contribution in [0, 0.1) is 5.41 Å². The van der Waals surface area contributed by atoms with Gasteiger partial charge in [-0.05, 0) is 36.0 Å². The maximum Gasteiger partial charge on any atom is 0.0453 e. The summed E-state index contributed by atoms with van der Waals surface area (Å²) >= 11 is 12.1. The van der Waals surface area contributed by atoms with Gasteiger partial charge in [0.25, 0.3) is 0 Å². The second-order valence-electron chi connectivity index (χ2n) is 5.53. The van der Waals surface area contributed by atoms with E-state index in [1.807, 2.05) is 18.2 Å². The number of hydrogen-bond donors (Lipinski definition) is 0. The van der Waals surface area contributed by atoms with Crippen LogP contribution in [-0.2, 0) is 6.42 Å². The molecule has 0 unspecified atom stereocenters. The molecule has 0 aliphatic heterocycles. The zero-order chi connectivity index (χ0) is 12.9. The predicted octanol–water partition coefficient (Wildman–Crippen LogP) is 6.14. The molecule has 17 heavy (non-hydrogen) atoms. The van der Waals surface area contributed by atoms with Crippen molar-refractivity contribution in [2.24, 2.45) is 5.41 Å². The fourth-order valence-electron chi connectivity index (χ4n) is 2.12. The Morgan fingerprint density at radius 1 is 1.12 bits per heavy atom. The second kappa shape index (κ2) is 6.66. The summed E-state index contributed by atoms with van der Waals surface area (Å²) in [5.74, 6) is 0. The van der Waals surface area contributed by atoms with Crippen molar-refractivity contribution in [1.82, 2.24) is 0 Å². The van der Waals surface area contributed by atoms with Crippen molar-refractivity contribution in [2.45, 2.75) is 52.9 Å². The highest BCUT2D eigenvalue weighted by atomic mass is 35.5. The molecule has 0 amide bonds. The van der Waals surface area contributed by atoms with Gasteiger partial charge in [0.05, 0.1) is 0 Å². The van der Waals surface area contributed by atoms with Crippen LogP contribution in [0.25, 0.3) is 0 Å². The third-order valence-corrected chi connectivity index (χ3v) is 3.73. The van der Waals surface area contributed by atoms with Crippen molar-refractivity contribution in [3.05, 3.63) is 33.8 Å². The Labute approximate surface area is 115 Å². The molecule has 0 nitrogen and oxygen atoms in total. The Morgan fingerprint density at radius 2 is 1.82 bits per heavy atom. The first kappa shape index (κ1) is 14.9. The Morgan fingerprint density at radius 3 is 2.41 bits per heavy atom. The maximum atomic E-state index is 6.21. The molecule has 0 atom stereocenters. The molecule has 0 fully saturated rings. The highest BCUT2D eigenvalue weighted by Crippen LogP contribution is 2.32. The number of unbranched alkanes of at least 4 members (excludes halogenated alkanes) is 2. The van der Waals surface area contributed by atoms with Gasteiger partial charge in [-0.1, -0.05) is 69.3 Å². The highest BCUT2D eigenvalue weighted by molar-refractivity contribution is 6.35. The highest BCUT2D eigenvalue weighted by Gasteiger charge is 2.19. The summed E-state index contributed by atoms with van der Waals surface area (Å²) in [5.41, 5.74) is 1.52. The van der Waals surface area contributed by atoms with Gasteiger partial charge in [0, 0.05) is 10.0 Å². The lowest BCUT2D eigenvalue weighted by atomic mass is 9.81. The third-order valence-electron chi connectivity index (χ3n) is 3.14. The van der Waals surface area contributed by atoms with Crippen LogP contribution in [0.4, 0.5) is 0 Å². The topological polar surface area (TPSA) is 0 Å². The summed E-state index contributed by atoms with van der Waals surface area (Å²) in [4.78, 5) is 0. The van der Waals surface area contributed by atoms with Crippen LogP contribution in [0.15, 0.2) is 18.2 Å². The van der Waals surface area contributed by atoms with Gasteiger partial charge in [0.2, 0.25) is 0 Å². The lowest BCUT2D eigenvalue weighted by molar-refractivity contribution is 0.318. The summed E-state index contributed by atoms with van der Waals surface area (Å²) in [6, 6.07) is 5.80. The van der Waals surface area contributed by atoms with E-state index in [-0.39, 0.29) is 0 Å². The summed E-state index contributed by atoms with van der Waals surface area (Å²) in [6.45, 7) is 6.87. The molecule has 0 aromatic heterocycles. The summed E-state index contributed by atoms with van der Waals surface area (Å²) in [5, 5.41) is 1.50. The van der Waals surface area contributed by atoms with Gasteiger partial charge in [-0.25, -0.2) is 0 Å². The maximum absolute atomic E-state index is 6.21. The summed E-state index contributed by atoms with van der Waals surface area (Å²) in [6.07, 6.45) is 6.16. The molecule has 2 heteroatoms. The zero-order valence-corrected chi connectivity index (χ0v) is 12.5. The number of rotatable bonds is 6. The van der Waals surface area contributed by atoms with E-state index in [4.69, 9.17) is 23.2 Å². The Bertz CT molecular complexity index is 356. The van der Waals surface area contributed by atoms with E-state index in [9.17, 15) is 0 Å². The summed E-state index contributed by atoms with van der Waals surface area (Å²) in [7, 11) is 0. The standard InChI is InChI=1S/C15H22Cl2/c1-4-5-6-9-15(2,3)11-12-7-8-13(16)10-14(12)17/h7-8,10H,4-6,9,11H2,1-3H3. The minimum atomic E-state index is 0.312. The number of hydrogen-bond acceptors (Lipinski definition) is 0. The first-order valence-electron chi connectivity index (χ1n) is 6.38. The lowest BCUT2D eigenvalue weighted by Crippen LogP contribution is -2.15. The Balaban J connectivity index is 2.62. The van der Waals surface area contributed by atoms with E-state index < -0.39 is 0 Å². The molecule has 96 valence electrons. The summed E-state index contributed by atoms with van der Waals surface area (Å²) < 4.78 is 0. The van der Waals surface area contributed by atoms with Gasteiger partial charge in [-0.2, -0.15) is 0 Å². The Kier molecular flexibility index (Phi) is 5.82. The smallest absolute Gasteiger partial charge is 0.0453 e. The van der Waals surface area contributed by atoms with Gasteiger partial charge >= 0.3 is 0 Å². The molecule has 1 aromatic carbocycles. The van der Waals surface area contributed by atoms with Gasteiger partial charge < -0.3 is 0 Å². The normalized spacial score (nSPS) is 11.8. The largest absolute Gasteiger partial charge is 0.0843 e. The molecular formula is C15H22Cl2. The fraction of sp³-hybridized carbons (Fsp3) is 0.600. The molecule has 0 saturated heterocycles. The van der Waals surface area contributed by atoms with E-state index in [1.165, 1.54) is 31.2 Å². The molecule has 0 spiro atoms. The van der Waals surface area contributed by atoms with Crippen LogP contribution < -0.4 is 0 Å². The van der Waals surface area contributed by atoms with Gasteiger partial charge in [-0.15, -0.1) is 0 Å². The minimum Gasteiger partial charge on any atom is -0.0843 e. The van der Waals surface area contributed by atoms with E-state index in [0.717, 1.165) is 11.4 Å². The lowest BCUT2D eigenvalue weighted by Gasteiger charge is -2.25. The molecule has 0 radical (unpaired) electrons. The monoisotopic (exact) mass is 272 g/mol. The molecular weight excluding hydrogens is 251 g/mol. The van der Waals surface area contributed by atoms with Crippen molar-refractivity contribution in [1.29, 1.82) is 0 Å². The minimum absolute atomic E-state index is 0.312. The average molecular weight is 273 g/mol. The van der Waals surface area contributed by atoms with Crippen LogP contribution in [0.1, 0.15) is 52.0 Å². The molecule has 0 aliphatic carbocycles. The van der Waals surface area contributed by atoms with E-state index in [0.29, 0.717) is 10.4 Å². The van der Waals surface area contributed by atoms with Crippen LogP contribution in [0.5, 0.6) is 0 Å². The van der Waals surface area contributed by atoms with Crippen LogP contribution in [0.3, 0.4) is 0 Å². The van der Waals surface area contributed by atoms with Crippen molar-refractivity contribution >= 4 is 23.2 Å². The van der Waals surface area contributed by atoms with Crippen LogP contribution >= 0.6 is 23.2 Å². The molecule has 0 N–H and O–H groups in total. The van der Waals surface area contributed by atoms with Crippen molar-refractivity contribution in [3.63, 3.8) is 0 Å². The first-order chi connectivity index (χ1) is 7.94. The Hall–Kier alpha value is -0.200. The van der Waals surface area contributed by atoms with E-state index >= 15 is 0 Å². The fourth-order valence-corrected chi connectivity index (χ4v) is 2.60. The quantitative estimate of drug-likeness (QED) is 0.546. The van der Waals surface area contributed by atoms with E-state index in [2.05, 4.69) is 20.8 Å². The van der Waals surface area contributed by atoms with Crippen LogP contribution in [-0.4, -0.2) is 0 Å². The molecule has 1 aromatic rings. The molecule has 0 saturated carbocycles. The molecule has 1 rings (SSSR count). The van der Waals surface area contributed by atoms with Gasteiger partial charge in [0.15, 0.2) is 0 Å². The third kappa shape index (κ3) is 5.31. The number of halogens is 2. The predicted molar refractivity (Wildman–Crippen MR) is 78.1 cm³/mol. The average Bonchev–Trinajstić information content (AvgIpc) is 2.22. The first-order valence-corrected chi connectivity index (χ1v) is 7.14. The van der Waals surface area contributed by atoms with E-state index in [1.54, 1.807) is 0 Å². The van der Waals surface area contributed by atoms with Crippen molar-refractivity contribution in [3.8, 4) is 0 Å². The van der Waals surface area contributed by atoms with Crippen molar-refractivity contribution in [2.75, 3.05) is 0 Å². The van der Waals surface area contributed by atoms with Crippen LogP contribution in [0.2, 0.25) is 10.0 Å². The molecule has 0 heterocycles. The zero-order valence-electron chi connectivity index (χ0n) is 11.0. The van der Waals surface area contributed by atoms with Gasteiger partial charge in [0.1, 0.15) is 0 Å².